The van der Waals surface area contributed by atoms with Gasteiger partial charge in [-0.15, -0.1) is 0 Å². The number of carbonyl (C=O) groups is 1. The van der Waals surface area contributed by atoms with Crippen LogP contribution in [0.4, 0.5) is 0 Å². The van der Waals surface area contributed by atoms with Crippen molar-refractivity contribution in [2.75, 3.05) is 0 Å². The van der Waals surface area contributed by atoms with E-state index in [-0.39, 0.29) is 23.0 Å². The van der Waals surface area contributed by atoms with E-state index in [9.17, 15) is 15.0 Å². The number of carboxylic acids is 1. The van der Waals surface area contributed by atoms with Crippen LogP contribution in [0.15, 0.2) is 49.2 Å². The minimum absolute atomic E-state index is 0.0756. The van der Waals surface area contributed by atoms with E-state index in [4.69, 9.17) is 25.2 Å². The van der Waals surface area contributed by atoms with Gasteiger partial charge in [-0.2, -0.15) is 0 Å². The number of hydrogen-bond acceptors (Lipinski definition) is 12. The summed E-state index contributed by atoms with van der Waals surface area (Å²) in [4.78, 5) is 26.5. The number of aliphatic hydroxyl groups is 5. The molecule has 3 rings (SSSR count). The third-order valence-electron chi connectivity index (χ3n) is 3.51. The van der Waals surface area contributed by atoms with Gasteiger partial charge < -0.3 is 40.1 Å². The lowest BCUT2D eigenvalue weighted by Crippen LogP contribution is -2.58. The fourth-order valence-corrected chi connectivity index (χ4v) is 2.05. The Labute approximate surface area is 167 Å². The summed E-state index contributed by atoms with van der Waals surface area (Å²) >= 11 is 0. The van der Waals surface area contributed by atoms with Crippen LogP contribution in [-0.2, 0) is 0 Å². The number of carboxylic acid groups (broad SMARTS) is 1. The first kappa shape index (κ1) is 21.0. The number of ether oxygens (including phenoxy) is 2. The highest BCUT2D eigenvalue weighted by Gasteiger charge is 2.50. The number of hydrogen-bond donors (Lipinski definition) is 6. The average Bonchev–Trinajstić information content (AvgIpc) is 2.69. The van der Waals surface area contributed by atoms with Gasteiger partial charge in [-0.05, 0) is 18.2 Å². The van der Waals surface area contributed by atoms with Crippen molar-refractivity contribution >= 4 is 5.97 Å². The molecule has 13 nitrogen and oxygen atoms in total. The van der Waals surface area contributed by atoms with Crippen LogP contribution in [0.2, 0.25) is 0 Å². The van der Waals surface area contributed by atoms with E-state index in [0.29, 0.717) is 5.56 Å². The van der Waals surface area contributed by atoms with Gasteiger partial charge in [-0.3, -0.25) is 4.98 Å². The minimum atomic E-state index is -4.00. The molecule has 0 radical (unpaired) electrons. The number of pyridine rings is 2. The highest BCUT2D eigenvalue weighted by atomic mass is 16.8. The molecule has 13 heteroatoms. The lowest BCUT2D eigenvalue weighted by atomic mass is 10.2. The van der Waals surface area contributed by atoms with Crippen molar-refractivity contribution in [1.82, 2.24) is 19.9 Å². The number of aromatic carboxylic acids is 1. The Bertz CT molecular complexity index is 1050. The van der Waals surface area contributed by atoms with Crippen molar-refractivity contribution in [3.63, 3.8) is 0 Å². The molecule has 156 valence electrons. The Morgan fingerprint density at radius 1 is 0.967 bits per heavy atom. The summed E-state index contributed by atoms with van der Waals surface area (Å²) in [6.07, 6.45) is 6.18. The summed E-state index contributed by atoms with van der Waals surface area (Å²) in [5.74, 6) is -9.54. The van der Waals surface area contributed by atoms with Crippen LogP contribution in [0.5, 0.6) is 17.4 Å². The first-order chi connectivity index (χ1) is 14.1. The first-order valence-electron chi connectivity index (χ1n) is 8.01. The van der Waals surface area contributed by atoms with Crippen LogP contribution in [-0.4, -0.2) is 68.5 Å². The second-order valence-electron chi connectivity index (χ2n) is 5.76. The van der Waals surface area contributed by atoms with Gasteiger partial charge in [0.1, 0.15) is 5.75 Å². The Morgan fingerprint density at radius 3 is 2.30 bits per heavy atom. The molecule has 0 atom stereocenters. The highest BCUT2D eigenvalue weighted by Crippen LogP contribution is 2.33. The molecule has 6 N–H and O–H groups in total. The third-order valence-corrected chi connectivity index (χ3v) is 3.51. The molecule has 30 heavy (non-hydrogen) atoms. The lowest BCUT2D eigenvalue weighted by molar-refractivity contribution is -0.502. The summed E-state index contributed by atoms with van der Waals surface area (Å²) in [6, 6.07) is 3.90. The van der Waals surface area contributed by atoms with Gasteiger partial charge in [-0.25, -0.2) is 19.7 Å². The van der Waals surface area contributed by atoms with E-state index >= 15 is 0 Å². The number of aromatic nitrogens is 4. The smallest absolute Gasteiger partial charge is 0.409 e. The standard InChI is InChI=1S/C17H14N4O9/c22-15(23)10-6-20-13(21-7-10)9-4-11(8-18-5-9)29-14-12(2-1-3-19-14)30-17(27,28)16(24,25)26/h1-8,24-28H,(H,22,23). The number of rotatable bonds is 7. The van der Waals surface area contributed by atoms with Gasteiger partial charge in [-0.1, -0.05) is 0 Å². The summed E-state index contributed by atoms with van der Waals surface area (Å²) in [6.45, 7) is 0. The van der Waals surface area contributed by atoms with Crippen LogP contribution in [0.1, 0.15) is 10.4 Å². The Hall–Kier alpha value is -3.75. The summed E-state index contributed by atoms with van der Waals surface area (Å²) < 4.78 is 10.1. The van der Waals surface area contributed by atoms with Crippen LogP contribution in [0, 0.1) is 0 Å². The van der Waals surface area contributed by atoms with Gasteiger partial charge in [0.15, 0.2) is 11.6 Å². The van der Waals surface area contributed by atoms with Crippen molar-refractivity contribution < 1.29 is 44.9 Å². The molecule has 3 aromatic heterocycles. The van der Waals surface area contributed by atoms with Gasteiger partial charge in [0, 0.05) is 30.4 Å². The van der Waals surface area contributed by atoms with Gasteiger partial charge in [0.2, 0.25) is 0 Å². The second-order valence-corrected chi connectivity index (χ2v) is 5.76. The monoisotopic (exact) mass is 418 g/mol. The van der Waals surface area contributed by atoms with Crippen molar-refractivity contribution in [2.45, 2.75) is 11.9 Å². The van der Waals surface area contributed by atoms with E-state index < -0.39 is 23.7 Å². The average molecular weight is 418 g/mol. The van der Waals surface area contributed by atoms with Crippen molar-refractivity contribution in [1.29, 1.82) is 0 Å². The van der Waals surface area contributed by atoms with Crippen LogP contribution >= 0.6 is 0 Å². The van der Waals surface area contributed by atoms with Gasteiger partial charge >= 0.3 is 17.9 Å². The quantitative estimate of drug-likeness (QED) is 0.257. The highest BCUT2D eigenvalue weighted by molar-refractivity contribution is 5.86. The third kappa shape index (κ3) is 4.62. The predicted octanol–water partition coefficient (Wildman–Crippen LogP) is -0.928. The largest absolute Gasteiger partial charge is 0.478 e. The Morgan fingerprint density at radius 2 is 1.67 bits per heavy atom. The zero-order valence-electron chi connectivity index (χ0n) is 14.8. The summed E-state index contributed by atoms with van der Waals surface area (Å²) in [7, 11) is 0. The van der Waals surface area contributed by atoms with Gasteiger partial charge in [0.25, 0.3) is 5.88 Å². The second kappa shape index (κ2) is 7.94. The molecule has 0 fully saturated rings. The summed E-state index contributed by atoms with van der Waals surface area (Å²) in [5.41, 5.74) is 0.264. The maximum Gasteiger partial charge on any atom is 0.409 e. The van der Waals surface area contributed by atoms with Crippen LogP contribution in [0.25, 0.3) is 11.4 Å². The minimum Gasteiger partial charge on any atom is -0.478 e. The lowest BCUT2D eigenvalue weighted by Gasteiger charge is -2.29. The SMILES string of the molecule is O=C(O)c1cnc(-c2cncc(Oc3ncccc3OC(O)(O)C(O)(O)O)c2)nc1. The molecule has 0 aromatic carbocycles. The topological polar surface area (TPSA) is 208 Å². The van der Waals surface area contributed by atoms with Gasteiger partial charge in [0.05, 0.1) is 11.8 Å². The molecule has 3 heterocycles. The zero-order valence-corrected chi connectivity index (χ0v) is 14.8. The molecule has 0 saturated heterocycles. The summed E-state index contributed by atoms with van der Waals surface area (Å²) in [5, 5.41) is 54.8. The molecule has 0 amide bonds. The Balaban J connectivity index is 1.86. The molecule has 0 unspecified atom stereocenters. The molecule has 0 aliphatic carbocycles. The molecule has 3 aromatic rings. The van der Waals surface area contributed by atoms with Crippen molar-refractivity contribution in [3.8, 4) is 28.8 Å². The van der Waals surface area contributed by atoms with E-state index in [1.54, 1.807) is 0 Å². The maximum atomic E-state index is 10.9. The van der Waals surface area contributed by atoms with E-state index in [2.05, 4.69) is 24.7 Å². The van der Waals surface area contributed by atoms with Crippen LogP contribution < -0.4 is 9.47 Å². The Kier molecular flexibility index (Phi) is 5.55. The first-order valence-corrected chi connectivity index (χ1v) is 8.01. The molecular weight excluding hydrogens is 404 g/mol. The zero-order chi connectivity index (χ0) is 21.9. The van der Waals surface area contributed by atoms with Crippen molar-refractivity contribution in [3.05, 3.63) is 54.7 Å². The molecule has 0 spiro atoms. The predicted molar refractivity (Wildman–Crippen MR) is 93.7 cm³/mol. The van der Waals surface area contributed by atoms with E-state index in [1.807, 2.05) is 0 Å². The van der Waals surface area contributed by atoms with Crippen LogP contribution in [0.3, 0.4) is 0 Å². The number of nitrogens with zero attached hydrogens (tertiary/aromatic N) is 4. The van der Waals surface area contributed by atoms with E-state index in [0.717, 1.165) is 18.5 Å². The fourth-order valence-electron chi connectivity index (χ4n) is 2.05. The fraction of sp³-hybridized carbons (Fsp3) is 0.118. The molecule has 0 aliphatic rings. The van der Waals surface area contributed by atoms with Crippen molar-refractivity contribution in [2.24, 2.45) is 0 Å². The normalized spacial score (nSPS) is 11.8. The molecule has 0 saturated carbocycles. The molecular formula is C17H14N4O9. The molecule has 0 aliphatic heterocycles. The van der Waals surface area contributed by atoms with E-state index in [1.165, 1.54) is 30.7 Å². The molecule has 0 bridgehead atoms. The maximum absolute atomic E-state index is 10.9.